The van der Waals surface area contributed by atoms with Gasteiger partial charge in [0.05, 0.1) is 22.3 Å². The van der Waals surface area contributed by atoms with Crippen LogP contribution in [0.4, 0.5) is 0 Å². The summed E-state index contributed by atoms with van der Waals surface area (Å²) >= 11 is 0. The van der Waals surface area contributed by atoms with E-state index in [1.807, 2.05) is 30.3 Å². The lowest BCUT2D eigenvalue weighted by atomic mass is 10.1. The minimum Gasteiger partial charge on any atom is -0.351 e. The predicted octanol–water partition coefficient (Wildman–Crippen LogP) is 3.43. The van der Waals surface area contributed by atoms with Gasteiger partial charge in [-0.25, -0.2) is 4.98 Å². The zero-order chi connectivity index (χ0) is 19.8. The monoisotopic (exact) mass is 389 g/mol. The van der Waals surface area contributed by atoms with E-state index in [-0.39, 0.29) is 5.91 Å². The highest BCUT2D eigenvalue weighted by Gasteiger charge is 2.28. The van der Waals surface area contributed by atoms with Crippen LogP contribution >= 0.6 is 0 Å². The normalized spacial score (nSPS) is 13.7. The van der Waals surface area contributed by atoms with Crippen LogP contribution < -0.4 is 5.32 Å². The van der Waals surface area contributed by atoms with Crippen LogP contribution in [-0.4, -0.2) is 32.7 Å². The topological polar surface area (TPSA) is 107 Å². The summed E-state index contributed by atoms with van der Waals surface area (Å²) in [4.78, 5) is 21.8. The number of carbonyl (C=O) groups excluding carboxylic acids is 1. The van der Waals surface area contributed by atoms with Crippen molar-refractivity contribution in [2.75, 3.05) is 6.54 Å². The molecule has 3 heterocycles. The number of nitrogens with one attached hydrogen (secondary N) is 1. The largest absolute Gasteiger partial charge is 0.351 e. The summed E-state index contributed by atoms with van der Waals surface area (Å²) in [6, 6.07) is 11.4. The fourth-order valence-corrected chi connectivity index (χ4v) is 3.29. The van der Waals surface area contributed by atoms with Gasteiger partial charge in [-0.2, -0.15) is 4.98 Å². The van der Waals surface area contributed by atoms with Crippen molar-refractivity contribution in [1.29, 1.82) is 0 Å². The fraction of sp³-hybridized carbons (Fsp3) is 0.286. The van der Waals surface area contributed by atoms with E-state index >= 15 is 0 Å². The van der Waals surface area contributed by atoms with E-state index in [1.165, 1.54) is 0 Å². The Bertz CT molecular complexity index is 1180. The second-order valence-electron chi connectivity index (χ2n) is 7.20. The molecule has 3 aromatic heterocycles. The lowest BCUT2D eigenvalue weighted by Gasteiger charge is -2.07. The van der Waals surface area contributed by atoms with E-state index in [0.29, 0.717) is 52.8 Å². The summed E-state index contributed by atoms with van der Waals surface area (Å²) in [5.74, 6) is 1.54. The van der Waals surface area contributed by atoms with Crippen LogP contribution in [-0.2, 0) is 6.42 Å². The molecule has 8 nitrogen and oxygen atoms in total. The quantitative estimate of drug-likeness (QED) is 0.538. The Kier molecular flexibility index (Phi) is 4.31. The van der Waals surface area contributed by atoms with E-state index in [2.05, 4.69) is 25.6 Å². The number of hydrogen-bond donors (Lipinski definition) is 1. The SMILES string of the molecule is Cc1noc2nc(-c3ccccc3)cc(C(=O)NCCc3nc(C4CC4)no3)c12. The molecule has 1 aliphatic carbocycles. The van der Waals surface area contributed by atoms with E-state index in [0.717, 1.165) is 24.2 Å². The summed E-state index contributed by atoms with van der Waals surface area (Å²) in [6.45, 7) is 2.18. The molecular formula is C21H19N5O3. The van der Waals surface area contributed by atoms with Gasteiger partial charge in [-0.1, -0.05) is 40.6 Å². The number of fused-ring (bicyclic) bond motifs is 1. The zero-order valence-corrected chi connectivity index (χ0v) is 15.9. The molecule has 0 unspecified atom stereocenters. The summed E-state index contributed by atoms with van der Waals surface area (Å²) in [7, 11) is 0. The van der Waals surface area contributed by atoms with Gasteiger partial charge >= 0.3 is 0 Å². The van der Waals surface area contributed by atoms with Crippen molar-refractivity contribution in [3.05, 3.63) is 59.4 Å². The number of rotatable bonds is 6. The Morgan fingerprint density at radius 3 is 2.76 bits per heavy atom. The summed E-state index contributed by atoms with van der Waals surface area (Å²) in [5.41, 5.74) is 3.02. The maximum absolute atomic E-state index is 12.9. The maximum Gasteiger partial charge on any atom is 0.259 e. The highest BCUT2D eigenvalue weighted by atomic mass is 16.5. The van der Waals surface area contributed by atoms with Gasteiger partial charge in [0.1, 0.15) is 0 Å². The van der Waals surface area contributed by atoms with Gasteiger partial charge in [-0.15, -0.1) is 0 Å². The molecule has 0 aliphatic heterocycles. The second kappa shape index (κ2) is 7.12. The van der Waals surface area contributed by atoms with E-state index in [4.69, 9.17) is 9.05 Å². The Labute approximate surface area is 166 Å². The zero-order valence-electron chi connectivity index (χ0n) is 15.9. The molecule has 0 atom stereocenters. The first kappa shape index (κ1) is 17.5. The Balaban J connectivity index is 1.37. The third-order valence-corrected chi connectivity index (χ3v) is 4.98. The first-order chi connectivity index (χ1) is 14.2. The van der Waals surface area contributed by atoms with E-state index in [9.17, 15) is 4.79 Å². The molecule has 0 saturated heterocycles. The number of nitrogens with zero attached hydrogens (tertiary/aromatic N) is 4. The molecule has 4 aromatic rings. The van der Waals surface area contributed by atoms with Gasteiger partial charge < -0.3 is 14.4 Å². The van der Waals surface area contributed by atoms with Crippen LogP contribution in [0.1, 0.15) is 46.5 Å². The average molecular weight is 389 g/mol. The minimum absolute atomic E-state index is 0.220. The molecule has 29 heavy (non-hydrogen) atoms. The van der Waals surface area contributed by atoms with Crippen LogP contribution in [0, 0.1) is 6.92 Å². The van der Waals surface area contributed by atoms with Crippen molar-refractivity contribution in [1.82, 2.24) is 25.6 Å². The molecule has 0 bridgehead atoms. The fourth-order valence-electron chi connectivity index (χ4n) is 3.29. The summed E-state index contributed by atoms with van der Waals surface area (Å²) < 4.78 is 10.6. The first-order valence-corrected chi connectivity index (χ1v) is 9.62. The Hall–Kier alpha value is -3.55. The second-order valence-corrected chi connectivity index (χ2v) is 7.20. The van der Waals surface area contributed by atoms with Gasteiger partial charge in [0.25, 0.3) is 11.6 Å². The molecule has 1 saturated carbocycles. The summed E-state index contributed by atoms with van der Waals surface area (Å²) in [6.07, 6.45) is 2.72. The minimum atomic E-state index is -0.220. The molecule has 1 amide bonds. The van der Waals surface area contributed by atoms with Gasteiger partial charge in [-0.05, 0) is 25.8 Å². The molecule has 0 spiro atoms. The van der Waals surface area contributed by atoms with Crippen molar-refractivity contribution in [3.63, 3.8) is 0 Å². The molecule has 1 N–H and O–H groups in total. The lowest BCUT2D eigenvalue weighted by molar-refractivity contribution is 0.0955. The van der Waals surface area contributed by atoms with Crippen LogP contribution in [0.3, 0.4) is 0 Å². The first-order valence-electron chi connectivity index (χ1n) is 9.62. The van der Waals surface area contributed by atoms with Crippen LogP contribution in [0.25, 0.3) is 22.4 Å². The standard InChI is InChI=1S/C21H19N5O3/c1-12-18-15(11-16(23-21(18)29-25-12)13-5-3-2-4-6-13)20(27)22-10-9-17-24-19(26-28-17)14-7-8-14/h2-6,11,14H,7-10H2,1H3,(H,22,27). The average Bonchev–Trinajstić information content (AvgIpc) is 3.38. The number of carbonyl (C=O) groups is 1. The maximum atomic E-state index is 12.9. The molecule has 1 fully saturated rings. The van der Waals surface area contributed by atoms with Crippen LogP contribution in [0.15, 0.2) is 45.4 Å². The van der Waals surface area contributed by atoms with Crippen molar-refractivity contribution in [2.45, 2.75) is 32.1 Å². The van der Waals surface area contributed by atoms with E-state index < -0.39 is 0 Å². The lowest BCUT2D eigenvalue weighted by Crippen LogP contribution is -2.26. The Morgan fingerprint density at radius 2 is 1.97 bits per heavy atom. The molecule has 146 valence electrons. The molecule has 5 rings (SSSR count). The van der Waals surface area contributed by atoms with Crippen LogP contribution in [0.5, 0.6) is 0 Å². The molecular weight excluding hydrogens is 370 g/mol. The number of amides is 1. The van der Waals surface area contributed by atoms with Gasteiger partial charge in [0, 0.05) is 24.4 Å². The number of pyridine rings is 1. The van der Waals surface area contributed by atoms with Crippen molar-refractivity contribution < 1.29 is 13.8 Å². The van der Waals surface area contributed by atoms with Gasteiger partial charge in [-0.3, -0.25) is 4.79 Å². The van der Waals surface area contributed by atoms with Gasteiger partial charge in [0.15, 0.2) is 5.82 Å². The van der Waals surface area contributed by atoms with Crippen LogP contribution in [0.2, 0.25) is 0 Å². The molecule has 8 heteroatoms. The Morgan fingerprint density at radius 1 is 1.14 bits per heavy atom. The third kappa shape index (κ3) is 3.49. The van der Waals surface area contributed by atoms with Gasteiger partial charge in [0.2, 0.25) is 5.89 Å². The number of aryl methyl sites for hydroxylation is 1. The van der Waals surface area contributed by atoms with Crippen molar-refractivity contribution >= 4 is 17.0 Å². The summed E-state index contributed by atoms with van der Waals surface area (Å²) in [5, 5.41) is 11.5. The smallest absolute Gasteiger partial charge is 0.259 e. The molecule has 1 aromatic carbocycles. The molecule has 1 aliphatic rings. The number of hydrogen-bond acceptors (Lipinski definition) is 7. The highest BCUT2D eigenvalue weighted by Crippen LogP contribution is 2.38. The molecule has 0 radical (unpaired) electrons. The van der Waals surface area contributed by atoms with E-state index in [1.54, 1.807) is 13.0 Å². The number of benzene rings is 1. The highest BCUT2D eigenvalue weighted by molar-refractivity contribution is 6.06. The van der Waals surface area contributed by atoms with Crippen molar-refractivity contribution in [3.8, 4) is 11.3 Å². The predicted molar refractivity (Wildman–Crippen MR) is 104 cm³/mol. The number of aromatic nitrogens is 4. The third-order valence-electron chi connectivity index (χ3n) is 4.98. The van der Waals surface area contributed by atoms with Crippen molar-refractivity contribution in [2.24, 2.45) is 0 Å².